The topological polar surface area (TPSA) is 47.0 Å². The first-order valence-electron chi connectivity index (χ1n) is 6.36. The van der Waals surface area contributed by atoms with Crippen molar-refractivity contribution in [2.45, 2.75) is 19.3 Å². The van der Waals surface area contributed by atoms with E-state index < -0.39 is 11.7 Å². The van der Waals surface area contributed by atoms with E-state index in [9.17, 15) is 14.0 Å². The summed E-state index contributed by atoms with van der Waals surface area (Å²) in [6, 6.07) is 8.53. The maximum absolute atomic E-state index is 12.9. The van der Waals surface area contributed by atoms with Gasteiger partial charge in [0.2, 0.25) is 0 Å². The van der Waals surface area contributed by atoms with Crippen molar-refractivity contribution in [1.29, 1.82) is 0 Å². The summed E-state index contributed by atoms with van der Waals surface area (Å²) >= 11 is 0. The molecule has 0 bridgehead atoms. The smallest absolute Gasteiger partial charge is 0.177 e. The Balaban J connectivity index is 2.39. The second-order valence-corrected chi connectivity index (χ2v) is 4.40. The van der Waals surface area contributed by atoms with Gasteiger partial charge >= 0.3 is 0 Å². The molecule has 0 N–H and O–H groups in total. The molecule has 0 spiro atoms. The van der Waals surface area contributed by atoms with Gasteiger partial charge in [0.25, 0.3) is 0 Å². The predicted molar refractivity (Wildman–Crippen MR) is 73.0 cm³/mol. The van der Waals surface area contributed by atoms with Crippen molar-refractivity contribution in [1.82, 2.24) is 4.98 Å². The van der Waals surface area contributed by atoms with Gasteiger partial charge in [-0.15, -0.1) is 0 Å². The third kappa shape index (κ3) is 2.96. The molecule has 20 heavy (non-hydrogen) atoms. The summed E-state index contributed by atoms with van der Waals surface area (Å²) in [6.07, 6.45) is 3.35. The van der Waals surface area contributed by atoms with Crippen LogP contribution in [0.25, 0.3) is 0 Å². The van der Waals surface area contributed by atoms with Gasteiger partial charge in [0.05, 0.1) is 0 Å². The zero-order valence-electron chi connectivity index (χ0n) is 11.0. The van der Waals surface area contributed by atoms with E-state index in [0.717, 1.165) is 0 Å². The number of Topliss-reactive ketones (excluding diaryl/α,β-unsaturated/α-hetero) is 2. The maximum atomic E-state index is 12.9. The van der Waals surface area contributed by atoms with Crippen LogP contribution in [0.1, 0.15) is 35.2 Å². The Morgan fingerprint density at radius 3 is 2.25 bits per heavy atom. The highest BCUT2D eigenvalue weighted by Crippen LogP contribution is 2.23. The molecule has 1 heterocycles. The Morgan fingerprint density at radius 2 is 1.70 bits per heavy atom. The molecular weight excluding hydrogens is 257 g/mol. The number of rotatable bonds is 5. The van der Waals surface area contributed by atoms with Crippen LogP contribution in [0.5, 0.6) is 0 Å². The van der Waals surface area contributed by atoms with Crippen molar-refractivity contribution in [3.63, 3.8) is 0 Å². The molecular formula is C16H14FNO2. The molecule has 0 radical (unpaired) electrons. The number of halogens is 1. The summed E-state index contributed by atoms with van der Waals surface area (Å²) in [7, 11) is 0. The number of ketones is 2. The maximum Gasteiger partial charge on any atom is 0.177 e. The van der Waals surface area contributed by atoms with Crippen LogP contribution in [0, 0.1) is 5.82 Å². The van der Waals surface area contributed by atoms with E-state index in [2.05, 4.69) is 4.98 Å². The van der Waals surface area contributed by atoms with Gasteiger partial charge in [0.1, 0.15) is 17.5 Å². The molecule has 0 fully saturated rings. The molecule has 3 nitrogen and oxygen atoms in total. The van der Waals surface area contributed by atoms with Gasteiger partial charge in [0, 0.05) is 24.4 Å². The highest BCUT2D eigenvalue weighted by molar-refractivity contribution is 6.14. The molecule has 0 aliphatic rings. The molecule has 1 aromatic carbocycles. The lowest BCUT2D eigenvalue weighted by Crippen LogP contribution is -2.21. The molecule has 2 aromatic rings. The van der Waals surface area contributed by atoms with Crippen LogP contribution in [-0.2, 0) is 4.79 Å². The molecule has 1 aromatic heterocycles. The lowest BCUT2D eigenvalue weighted by Gasteiger charge is -2.14. The molecule has 0 aliphatic heterocycles. The third-order valence-corrected chi connectivity index (χ3v) is 3.10. The number of carbonyl (C=O) groups is 2. The molecule has 102 valence electrons. The fourth-order valence-corrected chi connectivity index (χ4v) is 2.02. The number of aromatic nitrogens is 1. The van der Waals surface area contributed by atoms with Crippen LogP contribution in [0.3, 0.4) is 0 Å². The van der Waals surface area contributed by atoms with E-state index in [-0.39, 0.29) is 18.0 Å². The number of hydrogen-bond acceptors (Lipinski definition) is 3. The standard InChI is InChI=1S/C16H14FNO2/c1-2-14(19)15(11-7-9-18-10-8-11)16(20)12-3-5-13(17)6-4-12/h3-10,15H,2H2,1H3. The van der Waals surface area contributed by atoms with Gasteiger partial charge in [-0.05, 0) is 42.0 Å². The third-order valence-electron chi connectivity index (χ3n) is 3.10. The Hall–Kier alpha value is -2.36. The fraction of sp³-hybridized carbons (Fsp3) is 0.188. The summed E-state index contributed by atoms with van der Waals surface area (Å²) < 4.78 is 12.9. The van der Waals surface area contributed by atoms with Crippen molar-refractivity contribution in [2.24, 2.45) is 0 Å². The number of carbonyl (C=O) groups excluding carboxylic acids is 2. The van der Waals surface area contributed by atoms with Crippen LogP contribution >= 0.6 is 0 Å². The summed E-state index contributed by atoms with van der Waals surface area (Å²) in [6.45, 7) is 1.72. The van der Waals surface area contributed by atoms with Gasteiger partial charge in [-0.3, -0.25) is 14.6 Å². The Bertz CT molecular complexity index is 608. The molecule has 0 saturated carbocycles. The fourth-order valence-electron chi connectivity index (χ4n) is 2.02. The van der Waals surface area contributed by atoms with E-state index in [4.69, 9.17) is 0 Å². The van der Waals surface area contributed by atoms with Gasteiger partial charge in [-0.1, -0.05) is 6.92 Å². The van der Waals surface area contributed by atoms with E-state index in [1.54, 1.807) is 31.5 Å². The highest BCUT2D eigenvalue weighted by Gasteiger charge is 2.27. The Morgan fingerprint density at radius 1 is 1.10 bits per heavy atom. The minimum atomic E-state index is -0.853. The van der Waals surface area contributed by atoms with Crippen molar-refractivity contribution in [3.8, 4) is 0 Å². The average Bonchev–Trinajstić information content (AvgIpc) is 2.49. The summed E-state index contributed by atoms with van der Waals surface area (Å²) in [4.78, 5) is 28.5. The molecule has 1 unspecified atom stereocenters. The number of hydrogen-bond donors (Lipinski definition) is 0. The van der Waals surface area contributed by atoms with E-state index in [1.165, 1.54) is 24.3 Å². The number of benzene rings is 1. The zero-order valence-corrected chi connectivity index (χ0v) is 11.0. The lowest BCUT2D eigenvalue weighted by atomic mass is 9.87. The van der Waals surface area contributed by atoms with Crippen molar-refractivity contribution in [3.05, 3.63) is 65.7 Å². The summed E-state index contributed by atoms with van der Waals surface area (Å²) in [5.41, 5.74) is 0.941. The molecule has 1 atom stereocenters. The highest BCUT2D eigenvalue weighted by atomic mass is 19.1. The normalized spacial score (nSPS) is 11.9. The number of pyridine rings is 1. The first-order chi connectivity index (χ1) is 9.63. The minimum absolute atomic E-state index is 0.162. The summed E-state index contributed by atoms with van der Waals surface area (Å²) in [5.74, 6) is -1.74. The molecule has 2 rings (SSSR count). The van der Waals surface area contributed by atoms with Gasteiger partial charge in [0.15, 0.2) is 5.78 Å². The van der Waals surface area contributed by atoms with Crippen molar-refractivity contribution in [2.75, 3.05) is 0 Å². The number of nitrogens with zero attached hydrogens (tertiary/aromatic N) is 1. The molecule has 4 heteroatoms. The van der Waals surface area contributed by atoms with Crippen LogP contribution in [0.4, 0.5) is 4.39 Å². The predicted octanol–water partition coefficient (Wildman–Crippen LogP) is 3.17. The first kappa shape index (κ1) is 14.1. The zero-order chi connectivity index (χ0) is 14.5. The van der Waals surface area contributed by atoms with E-state index in [1.807, 2.05) is 0 Å². The Kier molecular flexibility index (Phi) is 4.35. The van der Waals surface area contributed by atoms with Gasteiger partial charge in [-0.25, -0.2) is 4.39 Å². The average molecular weight is 271 g/mol. The van der Waals surface area contributed by atoms with Crippen LogP contribution in [0.2, 0.25) is 0 Å². The summed E-state index contributed by atoms with van der Waals surface area (Å²) in [5, 5.41) is 0. The minimum Gasteiger partial charge on any atom is -0.299 e. The molecule has 0 aliphatic carbocycles. The first-order valence-corrected chi connectivity index (χ1v) is 6.36. The molecule has 0 saturated heterocycles. The second kappa shape index (κ2) is 6.19. The van der Waals surface area contributed by atoms with Gasteiger partial charge in [-0.2, -0.15) is 0 Å². The van der Waals surface area contributed by atoms with E-state index in [0.29, 0.717) is 11.1 Å². The largest absolute Gasteiger partial charge is 0.299 e. The van der Waals surface area contributed by atoms with Crippen LogP contribution in [-0.4, -0.2) is 16.6 Å². The van der Waals surface area contributed by atoms with Gasteiger partial charge < -0.3 is 0 Å². The lowest BCUT2D eigenvalue weighted by molar-refractivity contribution is -0.119. The van der Waals surface area contributed by atoms with Crippen LogP contribution in [0.15, 0.2) is 48.8 Å². The molecule has 0 amide bonds. The van der Waals surface area contributed by atoms with Crippen molar-refractivity contribution >= 4 is 11.6 Å². The SMILES string of the molecule is CCC(=O)C(C(=O)c1ccc(F)cc1)c1ccncc1. The van der Waals surface area contributed by atoms with E-state index >= 15 is 0 Å². The van der Waals surface area contributed by atoms with Crippen molar-refractivity contribution < 1.29 is 14.0 Å². The quantitative estimate of drug-likeness (QED) is 0.620. The monoisotopic (exact) mass is 271 g/mol. The second-order valence-electron chi connectivity index (χ2n) is 4.40. The Labute approximate surface area is 116 Å². The van der Waals surface area contributed by atoms with Crippen LogP contribution < -0.4 is 0 Å².